The van der Waals surface area contributed by atoms with Crippen molar-refractivity contribution in [2.75, 3.05) is 26.4 Å². The Kier molecular flexibility index (Phi) is 42.8. The van der Waals surface area contributed by atoms with Gasteiger partial charge in [0.15, 0.2) is 18.9 Å². The first-order valence-corrected chi connectivity index (χ1v) is 32.5. The van der Waals surface area contributed by atoms with Gasteiger partial charge in [-0.25, -0.2) is 0 Å². The molecular formula is C65H115NO18. The van der Waals surface area contributed by atoms with Crippen molar-refractivity contribution in [2.24, 2.45) is 0 Å². The predicted molar refractivity (Wildman–Crippen MR) is 323 cm³/mol. The van der Waals surface area contributed by atoms with Crippen LogP contribution in [0.1, 0.15) is 213 Å². The maximum Gasteiger partial charge on any atom is 0.220 e. The van der Waals surface area contributed by atoms with Gasteiger partial charge in [0.2, 0.25) is 5.91 Å². The minimum absolute atomic E-state index is 0.233. The van der Waals surface area contributed by atoms with Crippen LogP contribution < -0.4 is 5.32 Å². The predicted octanol–water partition coefficient (Wildman–Crippen LogP) is 7.21. The Morgan fingerprint density at radius 3 is 1.31 bits per heavy atom. The maximum absolute atomic E-state index is 13.3. The van der Waals surface area contributed by atoms with Crippen LogP contribution in [0.4, 0.5) is 0 Å². The molecule has 3 aliphatic rings. The van der Waals surface area contributed by atoms with Crippen LogP contribution in [-0.2, 0) is 33.2 Å². The van der Waals surface area contributed by atoms with Gasteiger partial charge in [0.1, 0.15) is 73.2 Å². The van der Waals surface area contributed by atoms with Gasteiger partial charge in [0.05, 0.1) is 38.6 Å². The molecule has 3 saturated heterocycles. The SMILES string of the molecule is CCCC/C=C/CC/C=C/C(O)C(COC1OC(CO)C(OC2OC(CO)C(OC3OC(CO)C(O)C(O)C3O)C(O)C2O)C(O)C1O)NC(=O)CCCCCCCCCCCCCCCCCC/C=C\C/C=C\C/C=C\CCCCCCC. The second-order valence-electron chi connectivity index (χ2n) is 23.2. The number of carbonyl (C=O) groups is 1. The zero-order valence-electron chi connectivity index (χ0n) is 51.1. The fourth-order valence-corrected chi connectivity index (χ4v) is 10.7. The van der Waals surface area contributed by atoms with Crippen LogP contribution in [0.3, 0.4) is 0 Å². The van der Waals surface area contributed by atoms with Crippen LogP contribution in [0.5, 0.6) is 0 Å². The molecule has 12 N–H and O–H groups in total. The average Bonchev–Trinajstić information content (AvgIpc) is 2.99. The quantitative estimate of drug-likeness (QED) is 0.0211. The summed E-state index contributed by atoms with van der Waals surface area (Å²) in [6.45, 7) is 1.60. The molecule has 3 aliphatic heterocycles. The third-order valence-corrected chi connectivity index (χ3v) is 16.0. The summed E-state index contributed by atoms with van der Waals surface area (Å²) in [7, 11) is 0. The Bertz CT molecular complexity index is 1770. The molecule has 0 radical (unpaired) electrons. The minimum Gasteiger partial charge on any atom is -0.394 e. The molecular weight excluding hydrogens is 1080 g/mol. The zero-order chi connectivity index (χ0) is 61.2. The van der Waals surface area contributed by atoms with E-state index in [1.54, 1.807) is 6.08 Å². The third kappa shape index (κ3) is 30.1. The topological polar surface area (TPSA) is 307 Å². The summed E-state index contributed by atoms with van der Waals surface area (Å²) in [5.74, 6) is -0.290. The lowest BCUT2D eigenvalue weighted by atomic mass is 9.96. The second kappa shape index (κ2) is 47.5. The number of unbranched alkanes of at least 4 members (excludes halogenated alkanes) is 24. The van der Waals surface area contributed by atoms with Crippen molar-refractivity contribution in [3.8, 4) is 0 Å². The molecule has 488 valence electrons. The van der Waals surface area contributed by atoms with Crippen molar-refractivity contribution >= 4 is 5.91 Å². The van der Waals surface area contributed by atoms with E-state index in [1.165, 1.54) is 122 Å². The molecule has 3 fully saturated rings. The number of hydrogen-bond acceptors (Lipinski definition) is 18. The van der Waals surface area contributed by atoms with Gasteiger partial charge in [-0.3, -0.25) is 4.79 Å². The van der Waals surface area contributed by atoms with Gasteiger partial charge in [-0.1, -0.05) is 203 Å². The van der Waals surface area contributed by atoms with Crippen molar-refractivity contribution in [3.63, 3.8) is 0 Å². The molecule has 3 rings (SSSR count). The monoisotopic (exact) mass is 1200 g/mol. The van der Waals surface area contributed by atoms with Crippen molar-refractivity contribution in [1.29, 1.82) is 0 Å². The van der Waals surface area contributed by atoms with Crippen LogP contribution in [0.25, 0.3) is 0 Å². The molecule has 0 aromatic rings. The summed E-state index contributed by atoms with van der Waals surface area (Å²) >= 11 is 0. The van der Waals surface area contributed by atoms with E-state index >= 15 is 0 Å². The van der Waals surface area contributed by atoms with E-state index in [4.69, 9.17) is 28.4 Å². The fraction of sp³-hybridized carbons (Fsp3) is 0.831. The Balaban J connectivity index is 1.34. The molecule has 0 aromatic heterocycles. The highest BCUT2D eigenvalue weighted by molar-refractivity contribution is 5.76. The molecule has 1 amide bonds. The number of ether oxygens (including phenoxy) is 6. The van der Waals surface area contributed by atoms with E-state index in [2.05, 4.69) is 67.8 Å². The van der Waals surface area contributed by atoms with Crippen LogP contribution in [0.2, 0.25) is 0 Å². The normalized spacial score (nSPS) is 29.6. The van der Waals surface area contributed by atoms with Crippen molar-refractivity contribution in [3.05, 3.63) is 60.8 Å². The van der Waals surface area contributed by atoms with E-state index in [0.717, 1.165) is 57.8 Å². The van der Waals surface area contributed by atoms with Gasteiger partial charge >= 0.3 is 0 Å². The Morgan fingerprint density at radius 2 is 0.810 bits per heavy atom. The first-order chi connectivity index (χ1) is 40.8. The summed E-state index contributed by atoms with van der Waals surface area (Å²) in [5, 5.41) is 120. The lowest BCUT2D eigenvalue weighted by molar-refractivity contribution is -0.379. The van der Waals surface area contributed by atoms with E-state index < -0.39 is 124 Å². The maximum atomic E-state index is 13.3. The van der Waals surface area contributed by atoms with Crippen molar-refractivity contribution in [2.45, 2.75) is 317 Å². The van der Waals surface area contributed by atoms with Gasteiger partial charge in [-0.05, 0) is 64.2 Å². The lowest BCUT2D eigenvalue weighted by Gasteiger charge is -2.48. The summed E-state index contributed by atoms with van der Waals surface area (Å²) in [4.78, 5) is 13.3. The van der Waals surface area contributed by atoms with Gasteiger partial charge in [-0.2, -0.15) is 0 Å². The standard InChI is InChI=1S/C65H115NO18/c1-3-5-7-9-11-13-14-15-16-17-18-19-20-21-22-23-24-25-26-27-28-29-30-31-32-33-34-35-37-39-41-43-53(71)66-48(49(70)42-40-38-36-12-10-8-6-4-2)47-79-63-59(77)56(74)61(51(45-68)81-63)84-65-60(78)57(75)62(52(46-69)82-65)83-64-58(76)55(73)54(72)50(44-67)80-64/h10,12,14-15,17-18,20-21,40,42,48-52,54-65,67-70,72-78H,3-9,11,13,16,19,22-39,41,43-47H2,1-2H3,(H,66,71)/b12-10+,15-14-,18-17-,21-20-,42-40+. The molecule has 0 saturated carbocycles. The number of amides is 1. The lowest BCUT2D eigenvalue weighted by Crippen LogP contribution is -2.66. The molecule has 0 aliphatic carbocycles. The van der Waals surface area contributed by atoms with Gasteiger partial charge in [-0.15, -0.1) is 0 Å². The fourth-order valence-electron chi connectivity index (χ4n) is 10.7. The molecule has 0 spiro atoms. The average molecular weight is 1200 g/mol. The molecule has 3 heterocycles. The van der Waals surface area contributed by atoms with Crippen LogP contribution in [0.15, 0.2) is 60.8 Å². The van der Waals surface area contributed by atoms with Crippen LogP contribution >= 0.6 is 0 Å². The number of aliphatic hydroxyl groups excluding tert-OH is 11. The summed E-state index contributed by atoms with van der Waals surface area (Å²) < 4.78 is 34.2. The highest BCUT2D eigenvalue weighted by Gasteiger charge is 2.53. The number of nitrogens with one attached hydrogen (secondary N) is 1. The number of allylic oxidation sites excluding steroid dienone is 9. The van der Waals surface area contributed by atoms with E-state index in [-0.39, 0.29) is 18.9 Å². The minimum atomic E-state index is -1.98. The van der Waals surface area contributed by atoms with Crippen molar-refractivity contribution < 1.29 is 89.4 Å². The smallest absolute Gasteiger partial charge is 0.220 e. The molecule has 0 aromatic carbocycles. The third-order valence-electron chi connectivity index (χ3n) is 16.0. The number of aliphatic hydroxyl groups is 11. The highest BCUT2D eigenvalue weighted by atomic mass is 16.8. The Labute approximate surface area is 503 Å². The van der Waals surface area contributed by atoms with Gasteiger partial charge < -0.3 is 89.9 Å². The molecule has 17 atom stereocenters. The molecule has 19 nitrogen and oxygen atoms in total. The molecule has 0 bridgehead atoms. The second-order valence-corrected chi connectivity index (χ2v) is 23.2. The number of hydrogen-bond donors (Lipinski definition) is 12. The Morgan fingerprint density at radius 1 is 0.429 bits per heavy atom. The first kappa shape index (κ1) is 75.7. The zero-order valence-corrected chi connectivity index (χ0v) is 51.1. The van der Waals surface area contributed by atoms with Crippen LogP contribution in [0, 0.1) is 0 Å². The molecule has 19 heteroatoms. The van der Waals surface area contributed by atoms with E-state index in [9.17, 15) is 61.0 Å². The summed E-state index contributed by atoms with van der Waals surface area (Å²) in [5.41, 5.74) is 0. The number of carbonyl (C=O) groups excluding carboxylic acids is 1. The van der Waals surface area contributed by atoms with Crippen LogP contribution in [-0.4, -0.2) is 193 Å². The Hall–Kier alpha value is -2.51. The number of rotatable bonds is 48. The summed E-state index contributed by atoms with van der Waals surface area (Å²) in [6, 6.07) is -0.988. The van der Waals surface area contributed by atoms with E-state index in [1.807, 2.05) is 6.08 Å². The molecule has 84 heavy (non-hydrogen) atoms. The molecule has 17 unspecified atom stereocenters. The van der Waals surface area contributed by atoms with Gasteiger partial charge in [0, 0.05) is 6.42 Å². The van der Waals surface area contributed by atoms with E-state index in [0.29, 0.717) is 12.8 Å². The summed E-state index contributed by atoms with van der Waals surface area (Å²) in [6.07, 6.45) is 29.7. The van der Waals surface area contributed by atoms with Gasteiger partial charge in [0.25, 0.3) is 0 Å². The van der Waals surface area contributed by atoms with Crippen molar-refractivity contribution in [1.82, 2.24) is 5.32 Å². The first-order valence-electron chi connectivity index (χ1n) is 32.5. The highest BCUT2D eigenvalue weighted by Crippen LogP contribution is 2.33. The largest absolute Gasteiger partial charge is 0.394 e.